The Bertz CT molecular complexity index is 843. The predicted octanol–water partition coefficient (Wildman–Crippen LogP) is 6.78. The molecule has 1 heterocycles. The highest BCUT2D eigenvalue weighted by molar-refractivity contribution is 6.99. The third-order valence-electron chi connectivity index (χ3n) is 6.72. The van der Waals surface area contributed by atoms with Crippen molar-refractivity contribution in [1.82, 2.24) is 0 Å². The fraction of sp³-hybridized carbons (Fsp3) is 0.484. The van der Waals surface area contributed by atoms with E-state index in [1.54, 1.807) is 0 Å². The number of allylic oxidation sites excluding steroid dienone is 2. The van der Waals surface area contributed by atoms with Crippen molar-refractivity contribution in [3.63, 3.8) is 0 Å². The molecule has 0 spiro atoms. The zero-order valence-corrected chi connectivity index (χ0v) is 23.0. The topological polar surface area (TPSA) is 27.7 Å². The van der Waals surface area contributed by atoms with Crippen LogP contribution in [0, 0.1) is 0 Å². The van der Waals surface area contributed by atoms with E-state index in [1.807, 2.05) is 6.08 Å². The zero-order chi connectivity index (χ0) is 25.0. The molecule has 2 aromatic carbocycles. The maximum absolute atomic E-state index is 7.00. The van der Waals surface area contributed by atoms with Crippen LogP contribution >= 0.6 is 0 Å². The van der Waals surface area contributed by atoms with Crippen LogP contribution in [0.3, 0.4) is 0 Å². The molecule has 1 fully saturated rings. The molecule has 190 valence electrons. The van der Waals surface area contributed by atoms with Crippen LogP contribution in [0.25, 0.3) is 0 Å². The molecule has 2 unspecified atom stereocenters. The molecule has 35 heavy (non-hydrogen) atoms. The summed E-state index contributed by atoms with van der Waals surface area (Å²) in [6.45, 7) is 12.4. The molecule has 0 amide bonds. The first-order valence-corrected chi connectivity index (χ1v) is 15.2. The standard InChI is InChI=1S/C31H44O3Si/c1-5-6-18-27(34-30-24-15-17-25-32-30)19-10-9-16-26-33-35(31(2,3)4,28-20-11-7-12-21-28)29-22-13-8-14-23-29/h5,7-8,10-14,19-23,27,30H,1,6,9,15-18,24-26H2,2-4H3/b19-10+. The smallest absolute Gasteiger partial charge is 0.261 e. The monoisotopic (exact) mass is 492 g/mol. The van der Waals surface area contributed by atoms with E-state index in [4.69, 9.17) is 13.9 Å². The van der Waals surface area contributed by atoms with Crippen molar-refractivity contribution >= 4 is 18.7 Å². The summed E-state index contributed by atoms with van der Waals surface area (Å²) in [7, 11) is -2.45. The van der Waals surface area contributed by atoms with Crippen LogP contribution < -0.4 is 10.4 Å². The van der Waals surface area contributed by atoms with E-state index < -0.39 is 8.32 Å². The van der Waals surface area contributed by atoms with Crippen molar-refractivity contribution in [3.05, 3.63) is 85.5 Å². The quantitative estimate of drug-likeness (QED) is 0.175. The van der Waals surface area contributed by atoms with Gasteiger partial charge in [-0.25, -0.2) is 0 Å². The minimum absolute atomic E-state index is 0.00909. The minimum atomic E-state index is -2.45. The minimum Gasteiger partial charge on any atom is -0.407 e. The van der Waals surface area contributed by atoms with Crippen molar-refractivity contribution in [2.24, 2.45) is 0 Å². The maximum atomic E-state index is 7.00. The number of benzene rings is 2. The molecule has 2 atom stereocenters. The van der Waals surface area contributed by atoms with E-state index >= 15 is 0 Å². The first-order chi connectivity index (χ1) is 17.0. The predicted molar refractivity (Wildman–Crippen MR) is 150 cm³/mol. The summed E-state index contributed by atoms with van der Waals surface area (Å²) in [4.78, 5) is 0. The van der Waals surface area contributed by atoms with Gasteiger partial charge in [-0.05, 0) is 60.4 Å². The summed E-state index contributed by atoms with van der Waals surface area (Å²) in [5.74, 6) is 0. The summed E-state index contributed by atoms with van der Waals surface area (Å²) >= 11 is 0. The van der Waals surface area contributed by atoms with Gasteiger partial charge in [0, 0.05) is 13.2 Å². The second kappa shape index (κ2) is 13.9. The molecule has 1 saturated heterocycles. The van der Waals surface area contributed by atoms with Gasteiger partial charge >= 0.3 is 0 Å². The Morgan fingerprint density at radius 3 is 2.20 bits per heavy atom. The second-order valence-electron chi connectivity index (χ2n) is 10.4. The first kappa shape index (κ1) is 27.6. The lowest BCUT2D eigenvalue weighted by atomic mass is 10.1. The summed E-state index contributed by atoms with van der Waals surface area (Å²) < 4.78 is 19.0. The SMILES string of the molecule is C=CCCC(/C=C/CCCO[Si](c1ccccc1)(c1ccccc1)C(C)(C)C)OC1CCCCO1. The van der Waals surface area contributed by atoms with E-state index in [9.17, 15) is 0 Å². The third kappa shape index (κ3) is 7.75. The Morgan fingerprint density at radius 1 is 1.00 bits per heavy atom. The molecule has 3 nitrogen and oxygen atoms in total. The maximum Gasteiger partial charge on any atom is 0.261 e. The Kier molecular flexibility index (Phi) is 11.0. The molecule has 0 bridgehead atoms. The number of unbranched alkanes of at least 4 members (excludes halogenated alkanes) is 1. The molecule has 0 aliphatic carbocycles. The highest BCUT2D eigenvalue weighted by Gasteiger charge is 2.49. The largest absolute Gasteiger partial charge is 0.407 e. The molecule has 3 rings (SSSR count). The van der Waals surface area contributed by atoms with Gasteiger partial charge in [0.2, 0.25) is 0 Å². The molecule has 2 aromatic rings. The van der Waals surface area contributed by atoms with Gasteiger partial charge in [0.25, 0.3) is 8.32 Å². The lowest BCUT2D eigenvalue weighted by Crippen LogP contribution is -2.66. The van der Waals surface area contributed by atoms with Crippen LogP contribution in [0.2, 0.25) is 5.04 Å². The number of rotatable bonds is 13. The van der Waals surface area contributed by atoms with Crippen LogP contribution in [-0.2, 0) is 13.9 Å². The first-order valence-electron chi connectivity index (χ1n) is 13.3. The third-order valence-corrected chi connectivity index (χ3v) is 11.8. The van der Waals surface area contributed by atoms with Gasteiger partial charge in [-0.15, -0.1) is 6.58 Å². The summed E-state index contributed by atoms with van der Waals surface area (Å²) in [5.41, 5.74) is 0. The molecular formula is C31H44O3Si. The van der Waals surface area contributed by atoms with Gasteiger partial charge in [0.1, 0.15) is 0 Å². The molecule has 0 aromatic heterocycles. The molecule has 4 heteroatoms. The van der Waals surface area contributed by atoms with Gasteiger partial charge in [0.15, 0.2) is 6.29 Å². The Hall–Kier alpha value is -1.98. The molecular weight excluding hydrogens is 448 g/mol. The van der Waals surface area contributed by atoms with Crippen molar-refractivity contribution in [2.75, 3.05) is 13.2 Å². The fourth-order valence-corrected chi connectivity index (χ4v) is 9.55. The lowest BCUT2D eigenvalue weighted by molar-refractivity contribution is -0.179. The van der Waals surface area contributed by atoms with Crippen LogP contribution in [0.15, 0.2) is 85.5 Å². The van der Waals surface area contributed by atoms with Crippen molar-refractivity contribution in [1.29, 1.82) is 0 Å². The zero-order valence-electron chi connectivity index (χ0n) is 22.0. The number of ether oxygens (including phenoxy) is 2. The normalized spacial score (nSPS) is 18.0. The van der Waals surface area contributed by atoms with Crippen molar-refractivity contribution in [3.8, 4) is 0 Å². The molecule has 0 N–H and O–H groups in total. The van der Waals surface area contributed by atoms with E-state index in [1.165, 1.54) is 16.8 Å². The van der Waals surface area contributed by atoms with Crippen LogP contribution in [-0.4, -0.2) is 33.9 Å². The summed E-state index contributed by atoms with van der Waals surface area (Å²) in [6, 6.07) is 21.7. The highest BCUT2D eigenvalue weighted by Crippen LogP contribution is 2.36. The van der Waals surface area contributed by atoms with Crippen molar-refractivity contribution in [2.45, 2.75) is 83.1 Å². The highest BCUT2D eigenvalue weighted by atomic mass is 28.4. The number of hydrogen-bond donors (Lipinski definition) is 0. The average molecular weight is 493 g/mol. The van der Waals surface area contributed by atoms with Gasteiger partial charge in [-0.1, -0.05) is 99.7 Å². The number of hydrogen-bond acceptors (Lipinski definition) is 3. The van der Waals surface area contributed by atoms with Crippen LogP contribution in [0.4, 0.5) is 0 Å². The second-order valence-corrected chi connectivity index (χ2v) is 14.7. The summed E-state index contributed by atoms with van der Waals surface area (Å²) in [6.07, 6.45) is 13.6. The Labute approximate surface area is 214 Å². The Morgan fingerprint density at radius 2 is 1.66 bits per heavy atom. The lowest BCUT2D eigenvalue weighted by Gasteiger charge is -2.43. The van der Waals surface area contributed by atoms with Gasteiger partial charge in [-0.2, -0.15) is 0 Å². The van der Waals surface area contributed by atoms with Crippen LogP contribution in [0.1, 0.15) is 65.7 Å². The van der Waals surface area contributed by atoms with Gasteiger partial charge in [0.05, 0.1) is 6.10 Å². The Balaban J connectivity index is 1.64. The summed E-state index contributed by atoms with van der Waals surface area (Å²) in [5, 5.41) is 2.68. The molecule has 1 aliphatic rings. The average Bonchev–Trinajstić information content (AvgIpc) is 2.87. The van der Waals surface area contributed by atoms with Crippen molar-refractivity contribution < 1.29 is 13.9 Å². The van der Waals surface area contributed by atoms with Crippen LogP contribution in [0.5, 0.6) is 0 Å². The molecule has 1 aliphatic heterocycles. The fourth-order valence-electron chi connectivity index (χ4n) is 4.94. The van der Waals surface area contributed by atoms with Gasteiger partial charge < -0.3 is 13.9 Å². The van der Waals surface area contributed by atoms with E-state index in [0.29, 0.717) is 0 Å². The molecule has 0 radical (unpaired) electrons. The van der Waals surface area contributed by atoms with Gasteiger partial charge in [-0.3, -0.25) is 0 Å². The molecule has 0 saturated carbocycles. The van der Waals surface area contributed by atoms with E-state index in [-0.39, 0.29) is 17.4 Å². The van der Waals surface area contributed by atoms with E-state index in [0.717, 1.165) is 51.7 Å². The van der Waals surface area contributed by atoms with E-state index in [2.05, 4.69) is 100 Å².